The molecular weight excluding hydrogens is 431 g/mol. The molecule has 0 radical (unpaired) electrons. The van der Waals surface area contributed by atoms with E-state index in [-0.39, 0.29) is 5.56 Å². The SMILES string of the molecule is CC(C)=CCSc1nc2ccc(I)cc2c(=O)n1-c1ccccc1. The molecule has 2 aromatic carbocycles. The van der Waals surface area contributed by atoms with Crippen LogP contribution in [0.2, 0.25) is 0 Å². The predicted octanol–water partition coefficient (Wildman–Crippen LogP) is 5.05. The van der Waals surface area contributed by atoms with Crippen molar-refractivity contribution in [2.24, 2.45) is 0 Å². The smallest absolute Gasteiger partial charge is 0.266 e. The van der Waals surface area contributed by atoms with E-state index in [9.17, 15) is 4.79 Å². The molecule has 3 aromatic rings. The van der Waals surface area contributed by atoms with Gasteiger partial charge in [-0.15, -0.1) is 0 Å². The summed E-state index contributed by atoms with van der Waals surface area (Å²) in [6.07, 6.45) is 2.14. The molecule has 0 amide bonds. The molecule has 0 fully saturated rings. The lowest BCUT2D eigenvalue weighted by molar-refractivity contribution is 0.820. The van der Waals surface area contributed by atoms with Gasteiger partial charge in [0.2, 0.25) is 0 Å². The Kier molecular flexibility index (Phi) is 5.40. The first-order valence-electron chi connectivity index (χ1n) is 7.60. The fourth-order valence-electron chi connectivity index (χ4n) is 2.32. The summed E-state index contributed by atoms with van der Waals surface area (Å²) in [5.74, 6) is 0.789. The molecule has 3 nitrogen and oxygen atoms in total. The molecule has 122 valence electrons. The van der Waals surface area contributed by atoms with E-state index in [0.717, 1.165) is 25.7 Å². The third kappa shape index (κ3) is 3.72. The topological polar surface area (TPSA) is 34.9 Å². The second kappa shape index (κ2) is 7.53. The highest BCUT2D eigenvalue weighted by Gasteiger charge is 2.13. The minimum Gasteiger partial charge on any atom is -0.268 e. The zero-order valence-electron chi connectivity index (χ0n) is 13.5. The van der Waals surface area contributed by atoms with E-state index in [0.29, 0.717) is 5.39 Å². The normalized spacial score (nSPS) is 10.8. The van der Waals surface area contributed by atoms with Gasteiger partial charge in [-0.25, -0.2) is 4.98 Å². The number of rotatable bonds is 4. The Balaban J connectivity index is 2.22. The number of fused-ring (bicyclic) bond motifs is 1. The van der Waals surface area contributed by atoms with E-state index in [4.69, 9.17) is 4.98 Å². The molecule has 0 saturated heterocycles. The van der Waals surface area contributed by atoms with Gasteiger partial charge in [-0.05, 0) is 66.8 Å². The molecule has 0 spiro atoms. The first-order valence-corrected chi connectivity index (χ1v) is 9.66. The first-order chi connectivity index (χ1) is 11.6. The fourth-order valence-corrected chi connectivity index (χ4v) is 3.86. The number of allylic oxidation sites excluding steroid dienone is 1. The van der Waals surface area contributed by atoms with Gasteiger partial charge in [-0.1, -0.05) is 41.6 Å². The Hall–Kier alpha value is -1.60. The van der Waals surface area contributed by atoms with E-state index in [1.807, 2.05) is 48.5 Å². The number of para-hydroxylation sites is 1. The lowest BCUT2D eigenvalue weighted by Gasteiger charge is -2.12. The molecule has 0 aliphatic carbocycles. The molecule has 0 unspecified atom stereocenters. The average Bonchev–Trinajstić information content (AvgIpc) is 2.56. The summed E-state index contributed by atoms with van der Waals surface area (Å²) < 4.78 is 2.74. The van der Waals surface area contributed by atoms with E-state index in [1.54, 1.807) is 16.3 Å². The van der Waals surface area contributed by atoms with E-state index in [1.165, 1.54) is 5.57 Å². The molecule has 0 atom stereocenters. The number of benzene rings is 2. The molecule has 0 saturated carbocycles. The lowest BCUT2D eigenvalue weighted by atomic mass is 10.2. The summed E-state index contributed by atoms with van der Waals surface area (Å²) in [5, 5.41) is 1.37. The van der Waals surface area contributed by atoms with Crippen molar-refractivity contribution in [3.63, 3.8) is 0 Å². The third-order valence-electron chi connectivity index (χ3n) is 3.52. The van der Waals surface area contributed by atoms with Crippen LogP contribution in [0, 0.1) is 3.57 Å². The van der Waals surface area contributed by atoms with Crippen molar-refractivity contribution in [3.05, 3.63) is 74.1 Å². The van der Waals surface area contributed by atoms with Crippen molar-refractivity contribution in [1.82, 2.24) is 9.55 Å². The van der Waals surface area contributed by atoms with Crippen LogP contribution in [-0.2, 0) is 0 Å². The Morgan fingerprint density at radius 2 is 1.96 bits per heavy atom. The molecule has 1 heterocycles. The number of thioether (sulfide) groups is 1. The first kappa shape index (κ1) is 17.2. The van der Waals surface area contributed by atoms with Crippen LogP contribution in [0.4, 0.5) is 0 Å². The van der Waals surface area contributed by atoms with Gasteiger partial charge in [0, 0.05) is 9.32 Å². The van der Waals surface area contributed by atoms with Gasteiger partial charge in [0.25, 0.3) is 5.56 Å². The Bertz CT molecular complexity index is 960. The second-order valence-electron chi connectivity index (χ2n) is 5.62. The van der Waals surface area contributed by atoms with Gasteiger partial charge in [0.05, 0.1) is 16.6 Å². The molecule has 3 rings (SSSR count). The van der Waals surface area contributed by atoms with Crippen LogP contribution in [0.3, 0.4) is 0 Å². The maximum absolute atomic E-state index is 13.1. The lowest BCUT2D eigenvalue weighted by Crippen LogP contribution is -2.21. The molecule has 5 heteroatoms. The summed E-state index contributed by atoms with van der Waals surface area (Å²) in [5.41, 5.74) is 2.82. The van der Waals surface area contributed by atoms with Crippen molar-refractivity contribution < 1.29 is 0 Å². The molecule has 0 bridgehead atoms. The van der Waals surface area contributed by atoms with Crippen molar-refractivity contribution in [1.29, 1.82) is 0 Å². The summed E-state index contributed by atoms with van der Waals surface area (Å²) in [6.45, 7) is 4.14. The highest BCUT2D eigenvalue weighted by Crippen LogP contribution is 2.22. The van der Waals surface area contributed by atoms with Crippen molar-refractivity contribution in [2.75, 3.05) is 5.75 Å². The number of hydrogen-bond acceptors (Lipinski definition) is 3. The molecular formula is C19H17IN2OS. The summed E-state index contributed by atoms with van der Waals surface area (Å²) in [7, 11) is 0. The van der Waals surface area contributed by atoms with Gasteiger partial charge in [-0.3, -0.25) is 9.36 Å². The van der Waals surface area contributed by atoms with Crippen LogP contribution in [-0.4, -0.2) is 15.3 Å². The van der Waals surface area contributed by atoms with Crippen molar-refractivity contribution >= 4 is 45.3 Å². The number of aromatic nitrogens is 2. The third-order valence-corrected chi connectivity index (χ3v) is 5.05. The quantitative estimate of drug-likeness (QED) is 0.243. The minimum absolute atomic E-state index is 0.0237. The Morgan fingerprint density at radius 1 is 1.21 bits per heavy atom. The van der Waals surface area contributed by atoms with Crippen LogP contribution in [0.1, 0.15) is 13.8 Å². The molecule has 0 aliphatic heterocycles. The fraction of sp³-hybridized carbons (Fsp3) is 0.158. The summed E-state index contributed by atoms with van der Waals surface area (Å²) in [6, 6.07) is 15.5. The van der Waals surface area contributed by atoms with Crippen LogP contribution in [0.25, 0.3) is 16.6 Å². The molecule has 0 N–H and O–H groups in total. The second-order valence-corrected chi connectivity index (χ2v) is 7.86. The van der Waals surface area contributed by atoms with E-state index in [2.05, 4.69) is 42.5 Å². The molecule has 0 aliphatic rings. The molecule has 24 heavy (non-hydrogen) atoms. The van der Waals surface area contributed by atoms with E-state index >= 15 is 0 Å². The highest BCUT2D eigenvalue weighted by molar-refractivity contribution is 14.1. The maximum atomic E-state index is 13.1. The van der Waals surface area contributed by atoms with Gasteiger partial charge in [0.1, 0.15) is 0 Å². The molecule has 1 aromatic heterocycles. The van der Waals surface area contributed by atoms with Crippen LogP contribution in [0.5, 0.6) is 0 Å². The summed E-state index contributed by atoms with van der Waals surface area (Å²) in [4.78, 5) is 17.8. The Morgan fingerprint density at radius 3 is 2.67 bits per heavy atom. The predicted molar refractivity (Wildman–Crippen MR) is 110 cm³/mol. The monoisotopic (exact) mass is 448 g/mol. The van der Waals surface area contributed by atoms with Crippen LogP contribution in [0.15, 0.2) is 70.1 Å². The van der Waals surface area contributed by atoms with Crippen LogP contribution < -0.4 is 5.56 Å². The van der Waals surface area contributed by atoms with Gasteiger partial charge >= 0.3 is 0 Å². The zero-order valence-corrected chi connectivity index (χ0v) is 16.5. The van der Waals surface area contributed by atoms with Gasteiger partial charge < -0.3 is 0 Å². The maximum Gasteiger partial charge on any atom is 0.266 e. The number of nitrogens with zero attached hydrogens (tertiary/aromatic N) is 2. The standard InChI is InChI=1S/C19H17IN2OS/c1-13(2)10-11-24-19-21-17-9-8-14(20)12-16(17)18(23)22(19)15-6-4-3-5-7-15/h3-10,12H,11H2,1-2H3. The van der Waals surface area contributed by atoms with E-state index < -0.39 is 0 Å². The van der Waals surface area contributed by atoms with Crippen molar-refractivity contribution in [2.45, 2.75) is 19.0 Å². The highest BCUT2D eigenvalue weighted by atomic mass is 127. The van der Waals surface area contributed by atoms with Crippen LogP contribution >= 0.6 is 34.4 Å². The largest absolute Gasteiger partial charge is 0.268 e. The van der Waals surface area contributed by atoms with Crippen molar-refractivity contribution in [3.8, 4) is 5.69 Å². The average molecular weight is 448 g/mol. The van der Waals surface area contributed by atoms with Gasteiger partial charge in [0.15, 0.2) is 5.16 Å². The zero-order chi connectivity index (χ0) is 17.1. The number of halogens is 1. The van der Waals surface area contributed by atoms with Gasteiger partial charge in [-0.2, -0.15) is 0 Å². The summed E-state index contributed by atoms with van der Waals surface area (Å²) >= 11 is 3.80. The minimum atomic E-state index is -0.0237. The Labute approximate surface area is 159 Å². The number of hydrogen-bond donors (Lipinski definition) is 0.